The molecule has 0 aliphatic rings. The second-order valence-corrected chi connectivity index (χ2v) is 3.66. The van der Waals surface area contributed by atoms with Gasteiger partial charge in [0.1, 0.15) is 11.5 Å². The zero-order valence-corrected chi connectivity index (χ0v) is 9.92. The highest BCUT2D eigenvalue weighted by Crippen LogP contribution is 2.22. The van der Waals surface area contributed by atoms with Crippen molar-refractivity contribution in [1.29, 1.82) is 0 Å². The summed E-state index contributed by atoms with van der Waals surface area (Å²) >= 11 is 0. The Labute approximate surface area is 105 Å². The molecule has 2 aromatic rings. The van der Waals surface area contributed by atoms with Gasteiger partial charge in [-0.15, -0.1) is 0 Å². The van der Waals surface area contributed by atoms with E-state index >= 15 is 0 Å². The molecule has 0 aliphatic heterocycles. The predicted octanol–water partition coefficient (Wildman–Crippen LogP) is 2.50. The van der Waals surface area contributed by atoms with E-state index in [0.29, 0.717) is 22.7 Å². The van der Waals surface area contributed by atoms with Gasteiger partial charge in [0.2, 0.25) is 0 Å². The number of para-hydroxylation sites is 1. The minimum Gasteiger partial charge on any atom is -0.495 e. The second-order valence-electron chi connectivity index (χ2n) is 3.66. The molecule has 2 rings (SSSR count). The number of hydrogen-bond acceptors (Lipinski definition) is 4. The van der Waals surface area contributed by atoms with Crippen LogP contribution in [-0.2, 0) is 0 Å². The van der Waals surface area contributed by atoms with Gasteiger partial charge >= 0.3 is 5.97 Å². The quantitative estimate of drug-likeness (QED) is 0.511. The Bertz CT molecular complexity index is 552. The molecule has 0 fully saturated rings. The van der Waals surface area contributed by atoms with Crippen molar-refractivity contribution in [2.45, 2.75) is 0 Å². The lowest BCUT2D eigenvalue weighted by atomic mass is 10.2. The fourth-order valence-corrected chi connectivity index (χ4v) is 1.52. The van der Waals surface area contributed by atoms with Crippen molar-refractivity contribution in [3.8, 4) is 11.5 Å². The van der Waals surface area contributed by atoms with Gasteiger partial charge in [-0.05, 0) is 30.3 Å². The molecule has 0 saturated carbocycles. The number of carbonyl (C=O) groups is 1. The molecule has 4 nitrogen and oxygen atoms in total. The van der Waals surface area contributed by atoms with Crippen LogP contribution in [0.25, 0.3) is 0 Å². The highest BCUT2D eigenvalue weighted by atomic mass is 16.5. The van der Waals surface area contributed by atoms with Gasteiger partial charge in [0.15, 0.2) is 0 Å². The van der Waals surface area contributed by atoms with E-state index in [-0.39, 0.29) is 0 Å². The molecule has 0 bridgehead atoms. The van der Waals surface area contributed by atoms with Crippen LogP contribution in [-0.4, -0.2) is 13.1 Å². The van der Waals surface area contributed by atoms with E-state index in [0.717, 1.165) is 0 Å². The summed E-state index contributed by atoms with van der Waals surface area (Å²) in [5, 5.41) is 0. The van der Waals surface area contributed by atoms with E-state index in [1.807, 2.05) is 6.07 Å². The SMILES string of the molecule is COc1ccc(C(=O)Oc2ccccc2)cc1N. The van der Waals surface area contributed by atoms with Gasteiger partial charge in [-0.1, -0.05) is 18.2 Å². The van der Waals surface area contributed by atoms with Gasteiger partial charge in [0.25, 0.3) is 0 Å². The summed E-state index contributed by atoms with van der Waals surface area (Å²) in [4.78, 5) is 11.8. The average Bonchev–Trinajstić information content (AvgIpc) is 2.39. The highest BCUT2D eigenvalue weighted by Gasteiger charge is 2.10. The third kappa shape index (κ3) is 2.60. The predicted molar refractivity (Wildman–Crippen MR) is 68.8 cm³/mol. The first-order chi connectivity index (χ1) is 8.70. The first-order valence-corrected chi connectivity index (χ1v) is 5.41. The molecule has 0 amide bonds. The molecular weight excluding hydrogens is 230 g/mol. The number of nitrogens with two attached hydrogens (primary N) is 1. The number of nitrogen functional groups attached to an aromatic ring is 1. The number of rotatable bonds is 3. The molecule has 18 heavy (non-hydrogen) atoms. The molecule has 2 N–H and O–H groups in total. The van der Waals surface area contributed by atoms with Crippen LogP contribution in [0.4, 0.5) is 5.69 Å². The van der Waals surface area contributed by atoms with Crippen molar-refractivity contribution in [2.24, 2.45) is 0 Å². The van der Waals surface area contributed by atoms with E-state index in [9.17, 15) is 4.79 Å². The Morgan fingerprint density at radius 3 is 2.44 bits per heavy atom. The molecule has 0 saturated heterocycles. The molecule has 2 aromatic carbocycles. The fraction of sp³-hybridized carbons (Fsp3) is 0.0714. The minimum atomic E-state index is -0.449. The molecule has 0 heterocycles. The fourth-order valence-electron chi connectivity index (χ4n) is 1.52. The number of esters is 1. The molecular formula is C14H13NO3. The third-order valence-electron chi connectivity index (χ3n) is 2.42. The van der Waals surface area contributed by atoms with Crippen LogP contribution in [0.15, 0.2) is 48.5 Å². The highest BCUT2D eigenvalue weighted by molar-refractivity contribution is 5.92. The van der Waals surface area contributed by atoms with Crippen LogP contribution in [0.5, 0.6) is 11.5 Å². The average molecular weight is 243 g/mol. The van der Waals surface area contributed by atoms with Crippen LogP contribution in [0.3, 0.4) is 0 Å². The zero-order chi connectivity index (χ0) is 13.0. The largest absolute Gasteiger partial charge is 0.495 e. The van der Waals surface area contributed by atoms with Crippen molar-refractivity contribution < 1.29 is 14.3 Å². The van der Waals surface area contributed by atoms with Crippen LogP contribution < -0.4 is 15.2 Å². The van der Waals surface area contributed by atoms with Crippen LogP contribution >= 0.6 is 0 Å². The Balaban J connectivity index is 2.17. The van der Waals surface area contributed by atoms with Crippen LogP contribution in [0.1, 0.15) is 10.4 Å². The molecule has 0 unspecified atom stereocenters. The lowest BCUT2D eigenvalue weighted by molar-refractivity contribution is 0.0735. The normalized spacial score (nSPS) is 9.83. The molecule has 0 radical (unpaired) electrons. The van der Waals surface area contributed by atoms with Crippen molar-refractivity contribution in [3.05, 3.63) is 54.1 Å². The van der Waals surface area contributed by atoms with Crippen molar-refractivity contribution in [3.63, 3.8) is 0 Å². The van der Waals surface area contributed by atoms with Gasteiger partial charge in [-0.25, -0.2) is 4.79 Å². The van der Waals surface area contributed by atoms with E-state index < -0.39 is 5.97 Å². The third-order valence-corrected chi connectivity index (χ3v) is 2.42. The number of carbonyl (C=O) groups excluding carboxylic acids is 1. The van der Waals surface area contributed by atoms with Crippen molar-refractivity contribution in [2.75, 3.05) is 12.8 Å². The lowest BCUT2D eigenvalue weighted by Crippen LogP contribution is -2.09. The van der Waals surface area contributed by atoms with Gasteiger partial charge in [-0.3, -0.25) is 0 Å². The number of methoxy groups -OCH3 is 1. The van der Waals surface area contributed by atoms with Crippen molar-refractivity contribution >= 4 is 11.7 Å². The summed E-state index contributed by atoms with van der Waals surface area (Å²) < 4.78 is 10.2. The van der Waals surface area contributed by atoms with Crippen molar-refractivity contribution in [1.82, 2.24) is 0 Å². The van der Waals surface area contributed by atoms with E-state index in [1.54, 1.807) is 36.4 Å². The summed E-state index contributed by atoms with van der Waals surface area (Å²) in [5.74, 6) is 0.582. The number of ether oxygens (including phenoxy) is 2. The first kappa shape index (κ1) is 12.0. The zero-order valence-electron chi connectivity index (χ0n) is 9.92. The van der Waals surface area contributed by atoms with Gasteiger partial charge in [0, 0.05) is 0 Å². The summed E-state index contributed by atoms with van der Waals surface area (Å²) in [7, 11) is 1.52. The summed E-state index contributed by atoms with van der Waals surface area (Å²) in [6.07, 6.45) is 0. The lowest BCUT2D eigenvalue weighted by Gasteiger charge is -2.07. The second kappa shape index (κ2) is 5.23. The minimum absolute atomic E-state index is 0.386. The number of benzene rings is 2. The molecule has 4 heteroatoms. The number of anilines is 1. The summed E-state index contributed by atoms with van der Waals surface area (Å²) in [5.41, 5.74) is 6.52. The molecule has 0 spiro atoms. The maximum absolute atomic E-state index is 11.8. The van der Waals surface area contributed by atoms with Gasteiger partial charge < -0.3 is 15.2 Å². The Hall–Kier alpha value is -2.49. The van der Waals surface area contributed by atoms with E-state index in [4.69, 9.17) is 15.2 Å². The molecule has 0 aromatic heterocycles. The van der Waals surface area contributed by atoms with Crippen LogP contribution in [0, 0.1) is 0 Å². The molecule has 0 atom stereocenters. The van der Waals surface area contributed by atoms with Gasteiger partial charge in [-0.2, -0.15) is 0 Å². The first-order valence-electron chi connectivity index (χ1n) is 5.41. The number of hydrogen-bond donors (Lipinski definition) is 1. The maximum Gasteiger partial charge on any atom is 0.343 e. The van der Waals surface area contributed by atoms with Crippen LogP contribution in [0.2, 0.25) is 0 Å². The summed E-state index contributed by atoms with van der Waals surface area (Å²) in [6.45, 7) is 0. The Morgan fingerprint density at radius 2 is 1.83 bits per heavy atom. The molecule has 92 valence electrons. The topological polar surface area (TPSA) is 61.5 Å². The maximum atomic E-state index is 11.8. The Kier molecular flexibility index (Phi) is 3.48. The summed E-state index contributed by atoms with van der Waals surface area (Å²) in [6, 6.07) is 13.6. The van der Waals surface area contributed by atoms with E-state index in [2.05, 4.69) is 0 Å². The molecule has 0 aliphatic carbocycles. The smallest absolute Gasteiger partial charge is 0.343 e. The monoisotopic (exact) mass is 243 g/mol. The van der Waals surface area contributed by atoms with Gasteiger partial charge in [0.05, 0.1) is 18.4 Å². The Morgan fingerprint density at radius 1 is 1.11 bits per heavy atom. The van der Waals surface area contributed by atoms with E-state index in [1.165, 1.54) is 13.2 Å². The standard InChI is InChI=1S/C14H13NO3/c1-17-13-8-7-10(9-12(13)15)14(16)18-11-5-3-2-4-6-11/h2-9H,15H2,1H3.